The number of nitrogens with one attached hydrogen (secondary N) is 1. The van der Waals surface area contributed by atoms with Crippen molar-refractivity contribution < 1.29 is 9.59 Å². The summed E-state index contributed by atoms with van der Waals surface area (Å²) in [6.45, 7) is 2.04. The number of amides is 1. The Labute approximate surface area is 225 Å². The molecule has 1 saturated carbocycles. The maximum absolute atomic E-state index is 13.8. The van der Waals surface area contributed by atoms with Crippen LogP contribution in [0.1, 0.15) is 66.6 Å². The Morgan fingerprint density at radius 3 is 2.03 bits per heavy atom. The first-order valence-corrected chi connectivity index (χ1v) is 13.5. The summed E-state index contributed by atoms with van der Waals surface area (Å²) in [5, 5.41) is 3.30. The van der Waals surface area contributed by atoms with Gasteiger partial charge in [0, 0.05) is 24.4 Å². The molecule has 0 saturated heterocycles. The molecule has 0 spiro atoms. The van der Waals surface area contributed by atoms with Gasteiger partial charge in [0.05, 0.1) is 11.5 Å². The molecular weight excluding hydrogens is 468 g/mol. The predicted molar refractivity (Wildman–Crippen MR) is 152 cm³/mol. The summed E-state index contributed by atoms with van der Waals surface area (Å²) in [5.74, 6) is 0.528. The van der Waals surface area contributed by atoms with Gasteiger partial charge in [-0.1, -0.05) is 84.9 Å². The zero-order chi connectivity index (χ0) is 26.4. The Balaban J connectivity index is 1.26. The molecule has 1 aromatic heterocycles. The summed E-state index contributed by atoms with van der Waals surface area (Å²) >= 11 is 0. The fourth-order valence-electron chi connectivity index (χ4n) is 5.71. The molecule has 3 aromatic carbocycles. The number of pyridine rings is 1. The molecule has 1 N–H and O–H groups in total. The minimum absolute atomic E-state index is 0.0706. The number of hydrogen-bond donors (Lipinski definition) is 1. The van der Waals surface area contributed by atoms with Crippen molar-refractivity contribution in [2.24, 2.45) is 5.92 Å². The maximum Gasteiger partial charge on any atom is 0.231 e. The number of ketones is 1. The van der Waals surface area contributed by atoms with Gasteiger partial charge < -0.3 is 5.32 Å². The molecule has 1 fully saturated rings. The van der Waals surface area contributed by atoms with Crippen molar-refractivity contribution in [3.05, 3.63) is 126 Å². The molecule has 4 aromatic rings. The largest absolute Gasteiger partial charge is 0.349 e. The Hall–Kier alpha value is -4.05. The van der Waals surface area contributed by atoms with Crippen LogP contribution in [0.15, 0.2) is 109 Å². The van der Waals surface area contributed by atoms with E-state index in [4.69, 9.17) is 0 Å². The van der Waals surface area contributed by atoms with Crippen molar-refractivity contribution in [1.29, 1.82) is 0 Å². The molecular formula is C34H34N2O2. The van der Waals surface area contributed by atoms with Gasteiger partial charge in [0.15, 0.2) is 5.78 Å². The third-order valence-electron chi connectivity index (χ3n) is 8.06. The highest BCUT2D eigenvalue weighted by molar-refractivity contribution is 5.96. The molecule has 0 radical (unpaired) electrons. The summed E-state index contributed by atoms with van der Waals surface area (Å²) in [7, 11) is 0. The number of aromatic nitrogens is 1. The van der Waals surface area contributed by atoms with Crippen LogP contribution in [-0.4, -0.2) is 16.7 Å². The minimum Gasteiger partial charge on any atom is -0.349 e. The van der Waals surface area contributed by atoms with Crippen LogP contribution in [0, 0.1) is 5.92 Å². The average Bonchev–Trinajstić information content (AvgIpc) is 2.99. The molecule has 1 aliphatic rings. The topological polar surface area (TPSA) is 59.1 Å². The zero-order valence-electron chi connectivity index (χ0n) is 21.8. The van der Waals surface area contributed by atoms with Crippen molar-refractivity contribution in [3.8, 4) is 11.1 Å². The second-order valence-corrected chi connectivity index (χ2v) is 10.4. The van der Waals surface area contributed by atoms with Crippen LogP contribution in [0.25, 0.3) is 11.1 Å². The molecule has 38 heavy (non-hydrogen) atoms. The lowest BCUT2D eigenvalue weighted by Gasteiger charge is -2.40. The lowest BCUT2D eigenvalue weighted by Crippen LogP contribution is -2.47. The molecule has 1 amide bonds. The molecule has 1 aliphatic carbocycles. The lowest BCUT2D eigenvalue weighted by atomic mass is 9.65. The zero-order valence-corrected chi connectivity index (χ0v) is 21.8. The molecule has 0 unspecified atom stereocenters. The van der Waals surface area contributed by atoms with Gasteiger partial charge in [-0.3, -0.25) is 14.6 Å². The van der Waals surface area contributed by atoms with Gasteiger partial charge in [-0.25, -0.2) is 0 Å². The summed E-state index contributed by atoms with van der Waals surface area (Å²) in [6, 6.07) is 32.0. The highest BCUT2D eigenvalue weighted by atomic mass is 16.2. The number of carbonyl (C=O) groups is 2. The second kappa shape index (κ2) is 11.6. The fraction of sp³-hybridized carbons (Fsp3) is 0.265. The van der Waals surface area contributed by atoms with E-state index in [9.17, 15) is 9.59 Å². The highest BCUT2D eigenvalue weighted by Gasteiger charge is 2.43. The molecule has 1 heterocycles. The number of carbonyl (C=O) groups excluding carboxylic acids is 2. The summed E-state index contributed by atoms with van der Waals surface area (Å²) in [4.78, 5) is 31.0. The van der Waals surface area contributed by atoms with E-state index in [2.05, 4.69) is 22.4 Å². The quantitative estimate of drug-likeness (QED) is 0.257. The molecule has 0 bridgehead atoms. The van der Waals surface area contributed by atoms with Gasteiger partial charge >= 0.3 is 0 Å². The average molecular weight is 503 g/mol. The molecule has 4 heteroatoms. The number of hydrogen-bond acceptors (Lipinski definition) is 3. The van der Waals surface area contributed by atoms with E-state index < -0.39 is 5.41 Å². The predicted octanol–water partition coefficient (Wildman–Crippen LogP) is 7.33. The second-order valence-electron chi connectivity index (χ2n) is 10.4. The van der Waals surface area contributed by atoms with Gasteiger partial charge in [0.1, 0.15) is 0 Å². The van der Waals surface area contributed by atoms with Crippen molar-refractivity contribution >= 4 is 11.7 Å². The van der Waals surface area contributed by atoms with Crippen LogP contribution in [0.4, 0.5) is 0 Å². The van der Waals surface area contributed by atoms with Crippen molar-refractivity contribution in [2.45, 2.75) is 50.5 Å². The number of benzene rings is 3. The van der Waals surface area contributed by atoms with E-state index in [1.165, 1.54) is 0 Å². The molecule has 4 nitrogen and oxygen atoms in total. The minimum atomic E-state index is -0.573. The SMILES string of the molecule is C[C@H](NC(=O)C1(c2ccccc2)CCC(CC(=O)c2ccc(-c3ccncc3)cc2)CC1)c1ccccc1. The van der Waals surface area contributed by atoms with Crippen LogP contribution < -0.4 is 5.32 Å². The maximum atomic E-state index is 13.8. The Morgan fingerprint density at radius 2 is 1.39 bits per heavy atom. The monoisotopic (exact) mass is 502 g/mol. The van der Waals surface area contributed by atoms with E-state index in [1.54, 1.807) is 12.4 Å². The fourth-order valence-corrected chi connectivity index (χ4v) is 5.71. The van der Waals surface area contributed by atoms with Crippen molar-refractivity contribution in [1.82, 2.24) is 10.3 Å². The molecule has 5 rings (SSSR count). The summed E-state index contributed by atoms with van der Waals surface area (Å²) in [5.41, 5.74) is 4.49. The first kappa shape index (κ1) is 25.6. The van der Waals surface area contributed by atoms with E-state index >= 15 is 0 Å². The normalized spacial score (nSPS) is 19.9. The summed E-state index contributed by atoms with van der Waals surface area (Å²) < 4.78 is 0. The first-order valence-electron chi connectivity index (χ1n) is 13.5. The van der Waals surface area contributed by atoms with Gasteiger partial charge in [-0.05, 0) is 72.9 Å². The van der Waals surface area contributed by atoms with Crippen molar-refractivity contribution in [3.63, 3.8) is 0 Å². The number of nitrogens with zero attached hydrogens (tertiary/aromatic N) is 1. The van der Waals surface area contributed by atoms with E-state index in [1.807, 2.05) is 91.9 Å². The van der Waals surface area contributed by atoms with Gasteiger partial charge in [-0.15, -0.1) is 0 Å². The van der Waals surface area contributed by atoms with Crippen LogP contribution in [0.2, 0.25) is 0 Å². The number of rotatable bonds is 8. The lowest BCUT2D eigenvalue weighted by molar-refractivity contribution is -0.129. The molecule has 1 atom stereocenters. The van der Waals surface area contributed by atoms with Gasteiger partial charge in [0.25, 0.3) is 0 Å². The smallest absolute Gasteiger partial charge is 0.231 e. The van der Waals surface area contributed by atoms with Gasteiger partial charge in [0.2, 0.25) is 5.91 Å². The highest BCUT2D eigenvalue weighted by Crippen LogP contribution is 2.43. The molecule has 192 valence electrons. The van der Waals surface area contributed by atoms with Crippen LogP contribution in [0.3, 0.4) is 0 Å². The van der Waals surface area contributed by atoms with E-state index in [-0.39, 0.29) is 23.7 Å². The first-order chi connectivity index (χ1) is 18.5. The standard InChI is InChI=1S/C34H34N2O2/c1-25(27-8-4-2-5-9-27)36-33(38)34(31-10-6-3-7-11-31)20-16-26(17-21-34)24-32(37)30-14-12-28(13-15-30)29-18-22-35-23-19-29/h2-15,18-19,22-23,25-26H,16-17,20-21,24H2,1H3,(H,36,38)/t25-,26?,34?/m0/s1. The van der Waals surface area contributed by atoms with Crippen molar-refractivity contribution in [2.75, 3.05) is 0 Å². The number of Topliss-reactive ketones (excluding diaryl/α,β-unsaturated/α-hetero) is 1. The van der Waals surface area contributed by atoms with Crippen LogP contribution in [-0.2, 0) is 10.2 Å². The summed E-state index contributed by atoms with van der Waals surface area (Å²) in [6.07, 6.45) is 7.24. The van der Waals surface area contributed by atoms with Crippen LogP contribution in [0.5, 0.6) is 0 Å². The third kappa shape index (κ3) is 5.60. The van der Waals surface area contributed by atoms with E-state index in [0.29, 0.717) is 6.42 Å². The van der Waals surface area contributed by atoms with E-state index in [0.717, 1.165) is 53.5 Å². The Kier molecular flexibility index (Phi) is 7.78. The van der Waals surface area contributed by atoms with Crippen LogP contribution >= 0.6 is 0 Å². The third-order valence-corrected chi connectivity index (χ3v) is 8.06. The molecule has 0 aliphatic heterocycles. The Morgan fingerprint density at radius 1 is 0.816 bits per heavy atom. The van der Waals surface area contributed by atoms with Gasteiger partial charge in [-0.2, -0.15) is 0 Å². The Bertz CT molecular complexity index is 1340.